The summed E-state index contributed by atoms with van der Waals surface area (Å²) in [6.45, 7) is 5.06. The minimum Gasteiger partial charge on any atom is -0.349 e. The molecular formula is C18H27F3N3O3S+. The van der Waals surface area contributed by atoms with E-state index in [0.717, 1.165) is 34.2 Å². The van der Waals surface area contributed by atoms with Gasteiger partial charge in [-0.05, 0) is 25.5 Å². The highest BCUT2D eigenvalue weighted by atomic mass is 32.2. The maximum Gasteiger partial charge on any atom is 0.417 e. The van der Waals surface area contributed by atoms with Gasteiger partial charge in [0.25, 0.3) is 5.91 Å². The highest BCUT2D eigenvalue weighted by Gasteiger charge is 2.40. The molecule has 0 aromatic heterocycles. The average Bonchev–Trinajstić information content (AvgIpc) is 2.61. The summed E-state index contributed by atoms with van der Waals surface area (Å²) in [7, 11) is -4.25. The second-order valence-electron chi connectivity index (χ2n) is 7.08. The van der Waals surface area contributed by atoms with Gasteiger partial charge in [-0.1, -0.05) is 25.5 Å². The van der Waals surface area contributed by atoms with Crippen molar-refractivity contribution in [1.29, 1.82) is 0 Å². The van der Waals surface area contributed by atoms with E-state index >= 15 is 0 Å². The summed E-state index contributed by atoms with van der Waals surface area (Å²) in [4.78, 5) is 12.3. The van der Waals surface area contributed by atoms with E-state index in [-0.39, 0.29) is 31.6 Å². The Hall–Kier alpha value is -1.65. The van der Waals surface area contributed by atoms with E-state index in [2.05, 4.69) is 5.32 Å². The third-order valence-corrected chi connectivity index (χ3v) is 6.74. The van der Waals surface area contributed by atoms with Gasteiger partial charge >= 0.3 is 6.18 Å². The maximum absolute atomic E-state index is 13.2. The molecule has 0 radical (unpaired) electrons. The number of alkyl halides is 3. The molecule has 0 unspecified atom stereocenters. The van der Waals surface area contributed by atoms with E-state index in [0.29, 0.717) is 13.1 Å². The first-order chi connectivity index (χ1) is 13.1. The van der Waals surface area contributed by atoms with E-state index in [1.165, 1.54) is 12.1 Å². The van der Waals surface area contributed by atoms with E-state index in [9.17, 15) is 26.4 Å². The summed E-state index contributed by atoms with van der Waals surface area (Å²) < 4.78 is 66.1. The molecule has 158 valence electrons. The molecule has 1 heterocycles. The number of nitrogens with zero attached hydrogens (tertiary/aromatic N) is 1. The molecule has 10 heteroatoms. The van der Waals surface area contributed by atoms with Gasteiger partial charge in [0.05, 0.1) is 36.6 Å². The van der Waals surface area contributed by atoms with Crippen LogP contribution in [0.3, 0.4) is 0 Å². The van der Waals surface area contributed by atoms with Crippen LogP contribution in [0.1, 0.15) is 32.3 Å². The maximum atomic E-state index is 13.2. The van der Waals surface area contributed by atoms with Crippen molar-refractivity contribution in [2.75, 3.05) is 32.7 Å². The van der Waals surface area contributed by atoms with Crippen molar-refractivity contribution in [2.45, 2.75) is 43.8 Å². The zero-order chi connectivity index (χ0) is 20.9. The van der Waals surface area contributed by atoms with Crippen LogP contribution in [0.5, 0.6) is 0 Å². The number of carbonyl (C=O) groups is 1. The molecule has 2 rings (SSSR count). The molecule has 1 amide bonds. The van der Waals surface area contributed by atoms with Crippen molar-refractivity contribution in [2.24, 2.45) is 0 Å². The van der Waals surface area contributed by atoms with Crippen LogP contribution in [-0.2, 0) is 21.0 Å². The Bertz CT molecular complexity index is 776. The number of hydrogen-bond acceptors (Lipinski definition) is 3. The Balaban J connectivity index is 2.01. The predicted molar refractivity (Wildman–Crippen MR) is 98.3 cm³/mol. The van der Waals surface area contributed by atoms with E-state index in [1.54, 1.807) is 0 Å². The monoisotopic (exact) mass is 422 g/mol. The standard InChI is InChI=1S/C18H26F3N3O3S/c1-3-6-14(2)22-17(25)13-23-9-11-24(12-10-23)28(26,27)16-8-5-4-7-15(16)18(19,20)21/h4-5,7-8,14H,3,6,9-13H2,1-2H3,(H,22,25)/p+1/t14-/m0/s1. The fraction of sp³-hybridized carbons (Fsp3) is 0.611. The Morgan fingerprint density at radius 2 is 1.86 bits per heavy atom. The van der Waals surface area contributed by atoms with Gasteiger partial charge in [-0.15, -0.1) is 0 Å². The average molecular weight is 422 g/mol. The second kappa shape index (κ2) is 9.23. The number of quaternary nitrogens is 1. The number of carbonyl (C=O) groups excluding carboxylic acids is 1. The normalized spacial score (nSPS) is 18.0. The molecule has 0 aliphatic carbocycles. The minimum atomic E-state index is -4.75. The Morgan fingerprint density at radius 3 is 2.43 bits per heavy atom. The van der Waals surface area contributed by atoms with Gasteiger partial charge in [0, 0.05) is 6.04 Å². The molecule has 1 saturated heterocycles. The lowest BCUT2D eigenvalue weighted by Gasteiger charge is -2.31. The number of sulfonamides is 1. The van der Waals surface area contributed by atoms with Crippen LogP contribution in [0.25, 0.3) is 0 Å². The molecule has 0 spiro atoms. The van der Waals surface area contributed by atoms with Gasteiger partial charge < -0.3 is 10.2 Å². The largest absolute Gasteiger partial charge is 0.417 e. The molecule has 28 heavy (non-hydrogen) atoms. The lowest BCUT2D eigenvalue weighted by molar-refractivity contribution is -0.895. The Labute approximate surface area is 163 Å². The molecule has 0 bridgehead atoms. The third-order valence-electron chi connectivity index (χ3n) is 4.78. The lowest BCUT2D eigenvalue weighted by Crippen LogP contribution is -3.15. The molecule has 1 aliphatic rings. The number of piperazine rings is 1. The smallest absolute Gasteiger partial charge is 0.349 e. The minimum absolute atomic E-state index is 0.0711. The van der Waals surface area contributed by atoms with Gasteiger partial charge in [-0.25, -0.2) is 8.42 Å². The molecule has 1 aromatic rings. The molecule has 1 atom stereocenters. The third kappa shape index (κ3) is 5.68. The van der Waals surface area contributed by atoms with Crippen molar-refractivity contribution in [3.05, 3.63) is 29.8 Å². The number of halogens is 3. The summed E-state index contributed by atoms with van der Waals surface area (Å²) in [6.07, 6.45) is -2.90. The number of nitrogens with one attached hydrogen (secondary N) is 2. The first-order valence-electron chi connectivity index (χ1n) is 9.35. The van der Waals surface area contributed by atoms with Crippen LogP contribution in [0, 0.1) is 0 Å². The number of hydrogen-bond donors (Lipinski definition) is 2. The molecule has 1 aromatic carbocycles. The lowest BCUT2D eigenvalue weighted by atomic mass is 10.2. The van der Waals surface area contributed by atoms with Crippen molar-refractivity contribution < 1.29 is 31.3 Å². The van der Waals surface area contributed by atoms with E-state index in [4.69, 9.17) is 0 Å². The van der Waals surface area contributed by atoms with E-state index in [1.807, 2.05) is 13.8 Å². The zero-order valence-corrected chi connectivity index (χ0v) is 16.9. The van der Waals surface area contributed by atoms with Crippen molar-refractivity contribution in [3.8, 4) is 0 Å². The van der Waals surface area contributed by atoms with E-state index < -0.39 is 26.7 Å². The van der Waals surface area contributed by atoms with Crippen LogP contribution in [0.15, 0.2) is 29.2 Å². The van der Waals surface area contributed by atoms with Crippen molar-refractivity contribution in [3.63, 3.8) is 0 Å². The first-order valence-corrected chi connectivity index (χ1v) is 10.8. The van der Waals surface area contributed by atoms with Crippen LogP contribution < -0.4 is 10.2 Å². The first kappa shape index (κ1) is 22.6. The highest BCUT2D eigenvalue weighted by molar-refractivity contribution is 7.89. The highest BCUT2D eigenvalue weighted by Crippen LogP contribution is 2.35. The molecule has 2 N–H and O–H groups in total. The van der Waals surface area contributed by atoms with Gasteiger partial charge in [0.1, 0.15) is 0 Å². The summed E-state index contributed by atoms with van der Waals surface area (Å²) in [6, 6.07) is 4.29. The van der Waals surface area contributed by atoms with Crippen LogP contribution in [0.2, 0.25) is 0 Å². The molecule has 0 saturated carbocycles. The van der Waals surface area contributed by atoms with Gasteiger partial charge in [0.2, 0.25) is 10.0 Å². The summed E-state index contributed by atoms with van der Waals surface area (Å²) in [5, 5.41) is 2.90. The SMILES string of the molecule is CCC[C@H](C)NC(=O)C[NH+]1CCN(S(=O)(=O)c2ccccc2C(F)(F)F)CC1. The number of benzene rings is 1. The molecule has 1 fully saturated rings. The fourth-order valence-electron chi connectivity index (χ4n) is 3.34. The van der Waals surface area contributed by atoms with Crippen molar-refractivity contribution >= 4 is 15.9 Å². The molecule has 1 aliphatic heterocycles. The summed E-state index contributed by atoms with van der Waals surface area (Å²) >= 11 is 0. The fourth-order valence-corrected chi connectivity index (χ4v) is 5.00. The van der Waals surface area contributed by atoms with Gasteiger partial charge in [-0.3, -0.25) is 4.79 Å². The molecular weight excluding hydrogens is 395 g/mol. The van der Waals surface area contributed by atoms with Gasteiger partial charge in [-0.2, -0.15) is 17.5 Å². The summed E-state index contributed by atoms with van der Waals surface area (Å²) in [5.74, 6) is -0.102. The van der Waals surface area contributed by atoms with Crippen molar-refractivity contribution in [1.82, 2.24) is 9.62 Å². The van der Waals surface area contributed by atoms with Crippen LogP contribution in [-0.4, -0.2) is 57.4 Å². The zero-order valence-electron chi connectivity index (χ0n) is 16.1. The molecule has 6 nitrogen and oxygen atoms in total. The summed E-state index contributed by atoms with van der Waals surface area (Å²) in [5.41, 5.74) is -1.16. The topological polar surface area (TPSA) is 70.9 Å². The second-order valence-corrected chi connectivity index (χ2v) is 8.99. The Morgan fingerprint density at radius 1 is 1.25 bits per heavy atom. The Kier molecular flexibility index (Phi) is 7.46. The van der Waals surface area contributed by atoms with Crippen LogP contribution >= 0.6 is 0 Å². The predicted octanol–water partition coefficient (Wildman–Crippen LogP) is 0.899. The van der Waals surface area contributed by atoms with Crippen LogP contribution in [0.4, 0.5) is 13.2 Å². The quantitative estimate of drug-likeness (QED) is 0.686. The van der Waals surface area contributed by atoms with Gasteiger partial charge in [0.15, 0.2) is 6.54 Å². The number of rotatable bonds is 7. The number of amides is 1.